The normalized spacial score (nSPS) is 19.9. The number of para-hydroxylation sites is 2. The van der Waals surface area contributed by atoms with Crippen molar-refractivity contribution < 1.29 is 17.9 Å². The molecule has 0 saturated carbocycles. The molecule has 0 aliphatic carbocycles. The van der Waals surface area contributed by atoms with Gasteiger partial charge >= 0.3 is 0 Å². The zero-order chi connectivity index (χ0) is 10.9. The molecule has 1 aliphatic heterocycles. The third-order valence-electron chi connectivity index (χ3n) is 1.95. The summed E-state index contributed by atoms with van der Waals surface area (Å²) in [6, 6.07) is 7.10. The van der Waals surface area contributed by atoms with Crippen LogP contribution in [0.2, 0.25) is 0 Å². The molecular formula is C9H9ClO4S. The second kappa shape index (κ2) is 3.90. The zero-order valence-corrected chi connectivity index (χ0v) is 9.29. The van der Waals surface area contributed by atoms with E-state index < -0.39 is 15.2 Å². The van der Waals surface area contributed by atoms with Gasteiger partial charge in [-0.05, 0) is 12.1 Å². The van der Waals surface area contributed by atoms with Crippen LogP contribution < -0.4 is 9.47 Å². The number of halogens is 1. The fourth-order valence-corrected chi connectivity index (χ4v) is 2.40. The molecule has 0 bridgehead atoms. The highest BCUT2D eigenvalue weighted by Gasteiger charge is 2.24. The first kappa shape index (κ1) is 10.6. The van der Waals surface area contributed by atoms with Gasteiger partial charge in [0.05, 0.1) is 0 Å². The summed E-state index contributed by atoms with van der Waals surface area (Å²) in [6.07, 6.45) is -0.539. The van der Waals surface area contributed by atoms with E-state index in [9.17, 15) is 8.42 Å². The number of benzene rings is 1. The highest BCUT2D eigenvalue weighted by Crippen LogP contribution is 2.31. The van der Waals surface area contributed by atoms with Crippen LogP contribution in [0.3, 0.4) is 0 Å². The predicted octanol–water partition coefficient (Wildman–Crippen LogP) is 1.40. The minimum absolute atomic E-state index is 0.197. The number of hydrogen-bond acceptors (Lipinski definition) is 4. The van der Waals surface area contributed by atoms with E-state index in [4.69, 9.17) is 20.2 Å². The number of hydrogen-bond donors (Lipinski definition) is 0. The number of rotatable bonds is 2. The van der Waals surface area contributed by atoms with Crippen LogP contribution in [0.15, 0.2) is 24.3 Å². The van der Waals surface area contributed by atoms with Crippen LogP contribution in [0.1, 0.15) is 0 Å². The van der Waals surface area contributed by atoms with Gasteiger partial charge in [0.25, 0.3) is 0 Å². The van der Waals surface area contributed by atoms with Gasteiger partial charge in [-0.1, -0.05) is 12.1 Å². The van der Waals surface area contributed by atoms with Gasteiger partial charge < -0.3 is 9.47 Å². The molecule has 0 unspecified atom stereocenters. The highest BCUT2D eigenvalue weighted by molar-refractivity contribution is 8.13. The van der Waals surface area contributed by atoms with Crippen LogP contribution in [0.25, 0.3) is 0 Å². The Balaban J connectivity index is 2.12. The molecule has 0 radical (unpaired) electrons. The van der Waals surface area contributed by atoms with Crippen molar-refractivity contribution in [2.45, 2.75) is 6.10 Å². The Hall–Kier alpha value is -0.940. The molecule has 1 aromatic rings. The van der Waals surface area contributed by atoms with Gasteiger partial charge in [0.2, 0.25) is 9.05 Å². The smallest absolute Gasteiger partial charge is 0.236 e. The Bertz CT molecular complexity index is 457. The van der Waals surface area contributed by atoms with Crippen molar-refractivity contribution in [1.82, 2.24) is 0 Å². The molecule has 1 aliphatic rings. The van der Waals surface area contributed by atoms with E-state index in [1.807, 2.05) is 6.07 Å². The van der Waals surface area contributed by atoms with E-state index in [2.05, 4.69) is 0 Å². The predicted molar refractivity (Wildman–Crippen MR) is 56.0 cm³/mol. The van der Waals surface area contributed by atoms with Gasteiger partial charge in [-0.3, -0.25) is 0 Å². The lowest BCUT2D eigenvalue weighted by Gasteiger charge is -2.25. The molecule has 0 spiro atoms. The average molecular weight is 249 g/mol. The van der Waals surface area contributed by atoms with E-state index in [0.717, 1.165) is 0 Å². The minimum Gasteiger partial charge on any atom is -0.486 e. The first-order chi connectivity index (χ1) is 7.04. The molecule has 1 heterocycles. The van der Waals surface area contributed by atoms with Crippen molar-refractivity contribution >= 4 is 19.7 Å². The number of fused-ring (bicyclic) bond motifs is 1. The van der Waals surface area contributed by atoms with Crippen molar-refractivity contribution in [2.75, 3.05) is 12.4 Å². The second-order valence-electron chi connectivity index (χ2n) is 3.20. The van der Waals surface area contributed by atoms with Crippen molar-refractivity contribution in [3.05, 3.63) is 24.3 Å². The summed E-state index contributed by atoms with van der Waals surface area (Å²) < 4.78 is 32.4. The molecule has 15 heavy (non-hydrogen) atoms. The molecular weight excluding hydrogens is 240 g/mol. The first-order valence-corrected chi connectivity index (χ1v) is 6.83. The van der Waals surface area contributed by atoms with Crippen LogP contribution >= 0.6 is 10.7 Å². The summed E-state index contributed by atoms with van der Waals surface area (Å²) in [6.45, 7) is 0.197. The highest BCUT2D eigenvalue weighted by atomic mass is 35.7. The monoisotopic (exact) mass is 248 g/mol. The van der Waals surface area contributed by atoms with E-state index in [1.165, 1.54) is 0 Å². The van der Waals surface area contributed by atoms with Crippen LogP contribution in [-0.2, 0) is 9.05 Å². The van der Waals surface area contributed by atoms with E-state index in [0.29, 0.717) is 11.5 Å². The minimum atomic E-state index is -3.56. The van der Waals surface area contributed by atoms with Crippen molar-refractivity contribution in [3.8, 4) is 11.5 Å². The van der Waals surface area contributed by atoms with Gasteiger partial charge in [0, 0.05) is 10.7 Å². The van der Waals surface area contributed by atoms with Gasteiger partial charge in [-0.25, -0.2) is 8.42 Å². The maximum Gasteiger partial charge on any atom is 0.236 e. The average Bonchev–Trinajstić information content (AvgIpc) is 2.15. The fraction of sp³-hybridized carbons (Fsp3) is 0.333. The van der Waals surface area contributed by atoms with Crippen molar-refractivity contribution in [3.63, 3.8) is 0 Å². The standard InChI is InChI=1S/C9H9ClO4S/c10-15(11,12)6-7-5-13-8-3-1-2-4-9(8)14-7/h1-4,7H,5-6H2/t7-/m0/s1. The van der Waals surface area contributed by atoms with Gasteiger partial charge in [0.15, 0.2) is 11.5 Å². The molecule has 2 rings (SSSR count). The Morgan fingerprint density at radius 3 is 2.67 bits per heavy atom. The second-order valence-corrected chi connectivity index (χ2v) is 6.02. The zero-order valence-electron chi connectivity index (χ0n) is 7.72. The molecule has 1 atom stereocenters. The summed E-state index contributed by atoms with van der Waals surface area (Å²) >= 11 is 0. The third kappa shape index (κ3) is 2.76. The quantitative estimate of drug-likeness (QED) is 0.743. The summed E-state index contributed by atoms with van der Waals surface area (Å²) in [4.78, 5) is 0. The lowest BCUT2D eigenvalue weighted by molar-refractivity contribution is 0.106. The van der Waals surface area contributed by atoms with Crippen LogP contribution in [0, 0.1) is 0 Å². The lowest BCUT2D eigenvalue weighted by Crippen LogP contribution is -2.34. The van der Waals surface area contributed by atoms with Crippen molar-refractivity contribution in [2.24, 2.45) is 0 Å². The topological polar surface area (TPSA) is 52.6 Å². The maximum absolute atomic E-state index is 10.8. The van der Waals surface area contributed by atoms with Gasteiger partial charge in [-0.2, -0.15) is 0 Å². The van der Waals surface area contributed by atoms with Crippen LogP contribution in [0.4, 0.5) is 0 Å². The van der Waals surface area contributed by atoms with Crippen LogP contribution in [-0.4, -0.2) is 26.9 Å². The molecule has 0 N–H and O–H groups in total. The summed E-state index contributed by atoms with van der Waals surface area (Å²) in [7, 11) is 1.57. The third-order valence-corrected chi connectivity index (χ3v) is 3.10. The molecule has 0 amide bonds. The lowest BCUT2D eigenvalue weighted by atomic mass is 10.3. The first-order valence-electron chi connectivity index (χ1n) is 4.35. The Kier molecular flexibility index (Phi) is 2.75. The SMILES string of the molecule is O=S(=O)(Cl)C[C@@H]1COc2ccccc2O1. The van der Waals surface area contributed by atoms with E-state index in [-0.39, 0.29) is 12.4 Å². The summed E-state index contributed by atoms with van der Waals surface area (Å²) in [5, 5.41) is 0. The number of ether oxygens (including phenoxy) is 2. The molecule has 0 fully saturated rings. The molecule has 82 valence electrons. The Morgan fingerprint density at radius 1 is 1.33 bits per heavy atom. The Labute approximate surface area is 92.2 Å². The summed E-state index contributed by atoms with van der Waals surface area (Å²) in [5.41, 5.74) is 0. The van der Waals surface area contributed by atoms with E-state index in [1.54, 1.807) is 18.2 Å². The molecule has 1 aromatic carbocycles. The maximum atomic E-state index is 10.8. The largest absolute Gasteiger partial charge is 0.486 e. The van der Waals surface area contributed by atoms with Gasteiger partial charge in [-0.15, -0.1) is 0 Å². The Morgan fingerprint density at radius 2 is 2.00 bits per heavy atom. The molecule has 0 aromatic heterocycles. The fourth-order valence-electron chi connectivity index (χ4n) is 1.37. The van der Waals surface area contributed by atoms with Crippen molar-refractivity contribution in [1.29, 1.82) is 0 Å². The van der Waals surface area contributed by atoms with E-state index >= 15 is 0 Å². The molecule has 0 saturated heterocycles. The molecule has 6 heteroatoms. The van der Waals surface area contributed by atoms with Crippen LogP contribution in [0.5, 0.6) is 11.5 Å². The molecule has 4 nitrogen and oxygen atoms in total. The van der Waals surface area contributed by atoms with Gasteiger partial charge in [0.1, 0.15) is 18.5 Å². The summed E-state index contributed by atoms with van der Waals surface area (Å²) in [5.74, 6) is 0.929.